The highest BCUT2D eigenvalue weighted by Gasteiger charge is 2.50. The number of carbonyl (C=O) groups is 3. The highest BCUT2D eigenvalue weighted by molar-refractivity contribution is 6.09. The summed E-state index contributed by atoms with van der Waals surface area (Å²) in [5.41, 5.74) is 1.57. The van der Waals surface area contributed by atoms with Crippen LogP contribution in [0.5, 0.6) is 0 Å². The van der Waals surface area contributed by atoms with Crippen molar-refractivity contribution in [2.75, 3.05) is 31.5 Å². The van der Waals surface area contributed by atoms with Crippen molar-refractivity contribution < 1.29 is 41.4 Å². The number of likely N-dealkylation sites (tertiary alicyclic amines) is 1. The van der Waals surface area contributed by atoms with E-state index in [1.165, 1.54) is 36.8 Å². The number of alkyl halides is 3. The number of carboxylic acids is 1. The number of aliphatic imine (C=N–C) groups is 1. The molecule has 1 fully saturated rings. The summed E-state index contributed by atoms with van der Waals surface area (Å²) in [6, 6.07) is 19.7. The number of aliphatic carboxylic acids is 1. The predicted molar refractivity (Wildman–Crippen MR) is 166 cm³/mol. The predicted octanol–water partition coefficient (Wildman–Crippen LogP) is 6.33. The van der Waals surface area contributed by atoms with Gasteiger partial charge in [0.15, 0.2) is 5.54 Å². The fourth-order valence-electron chi connectivity index (χ4n) is 5.92. The van der Waals surface area contributed by atoms with E-state index in [9.17, 15) is 31.5 Å². The number of anilines is 1. The molecule has 1 unspecified atom stereocenters. The molecule has 0 radical (unpaired) electrons. The molecule has 2 aliphatic heterocycles. The minimum absolute atomic E-state index is 0.0745. The lowest BCUT2D eigenvalue weighted by molar-refractivity contribution is -0.192. The van der Waals surface area contributed by atoms with E-state index in [0.29, 0.717) is 29.4 Å². The van der Waals surface area contributed by atoms with Gasteiger partial charge in [0, 0.05) is 19.2 Å². The summed E-state index contributed by atoms with van der Waals surface area (Å²) in [5.74, 6) is -2.94. The molecular weight excluding hydrogens is 623 g/mol. The average molecular weight is 659 g/mol. The van der Waals surface area contributed by atoms with Crippen LogP contribution in [0.25, 0.3) is 0 Å². The molecule has 2 aliphatic rings. The normalized spacial score (nSPS) is 18.7. The van der Waals surface area contributed by atoms with Crippen molar-refractivity contribution in [1.29, 1.82) is 0 Å². The smallest absolute Gasteiger partial charge is 0.475 e. The lowest BCUT2D eigenvalue weighted by atomic mass is 9.82. The summed E-state index contributed by atoms with van der Waals surface area (Å²) in [6.45, 7) is 6.56. The second-order valence-electron chi connectivity index (χ2n) is 11.4. The van der Waals surface area contributed by atoms with Crippen molar-refractivity contribution in [2.45, 2.75) is 50.7 Å². The van der Waals surface area contributed by atoms with Crippen LogP contribution in [0.4, 0.5) is 27.6 Å². The maximum atomic E-state index is 14.3. The summed E-state index contributed by atoms with van der Waals surface area (Å²) in [6.07, 6.45) is -2.26. The highest BCUT2D eigenvalue weighted by atomic mass is 19.4. The van der Waals surface area contributed by atoms with Gasteiger partial charge in [-0.05, 0) is 105 Å². The van der Waals surface area contributed by atoms with Gasteiger partial charge in [0.05, 0.1) is 0 Å². The molecule has 2 N–H and O–H groups in total. The number of hydrogen-bond acceptors (Lipinski definition) is 5. The number of nitrogens with zero attached hydrogens (tertiary/aromatic N) is 3. The molecule has 0 bridgehead atoms. The Morgan fingerprint density at radius 3 is 2.17 bits per heavy atom. The van der Waals surface area contributed by atoms with E-state index in [1.807, 2.05) is 12.1 Å². The molecule has 1 atom stereocenters. The van der Waals surface area contributed by atoms with Gasteiger partial charge in [-0.25, -0.2) is 18.6 Å². The summed E-state index contributed by atoms with van der Waals surface area (Å²) < 4.78 is 59.7. The molecule has 8 nitrogen and oxygen atoms in total. The lowest BCUT2D eigenvalue weighted by Crippen LogP contribution is -2.43. The third-order valence-corrected chi connectivity index (χ3v) is 8.14. The first-order valence-corrected chi connectivity index (χ1v) is 15.0. The van der Waals surface area contributed by atoms with Gasteiger partial charge in [-0.15, -0.1) is 0 Å². The Kier molecular flexibility index (Phi) is 11.1. The standard InChI is InChI=1S/C32H34F2N4O2.C2HF3O2/c1-22-36-32(26-10-12-28(33)13-11-26,27-7-4-8-29(34)21-27)31(40)38(22)17-5-16-37-18-14-24(15-19-37)25-6-3-9-30(20-25)35-23(2)39;3-2(4,5)1(6)7/h3-4,6-13,20-21,24H,5,14-19H2,1-2H3,(H,35,39);(H,6,7). The van der Waals surface area contributed by atoms with E-state index in [2.05, 4.69) is 22.3 Å². The van der Waals surface area contributed by atoms with Crippen LogP contribution in [-0.4, -0.2) is 70.9 Å². The molecule has 0 saturated carbocycles. The number of piperidine rings is 1. The lowest BCUT2D eigenvalue weighted by Gasteiger charge is -2.33. The van der Waals surface area contributed by atoms with Crippen molar-refractivity contribution >= 4 is 29.3 Å². The maximum absolute atomic E-state index is 14.3. The maximum Gasteiger partial charge on any atom is 0.490 e. The van der Waals surface area contributed by atoms with E-state index in [1.54, 1.807) is 36.1 Å². The first kappa shape index (κ1) is 35.2. The Morgan fingerprint density at radius 1 is 0.936 bits per heavy atom. The van der Waals surface area contributed by atoms with Gasteiger partial charge in [-0.2, -0.15) is 13.2 Å². The SMILES string of the molecule is CC(=O)Nc1cccc(C2CCN(CCCN3C(=O)C(c4ccc(F)cc4)(c4cccc(F)c4)N=C3C)CC2)c1.O=C(O)C(F)(F)F. The Bertz CT molecular complexity index is 1620. The van der Waals surface area contributed by atoms with Gasteiger partial charge < -0.3 is 15.3 Å². The summed E-state index contributed by atoms with van der Waals surface area (Å²) in [4.78, 5) is 43.2. The molecule has 0 spiro atoms. The number of carbonyl (C=O) groups excluding carboxylic acids is 2. The molecular formula is C34H35F5N4O4. The molecule has 3 aromatic carbocycles. The number of hydrogen-bond donors (Lipinski definition) is 2. The minimum Gasteiger partial charge on any atom is -0.475 e. The van der Waals surface area contributed by atoms with E-state index in [4.69, 9.17) is 14.9 Å². The zero-order valence-corrected chi connectivity index (χ0v) is 25.9. The van der Waals surface area contributed by atoms with Gasteiger partial charge in [-0.1, -0.05) is 36.4 Å². The van der Waals surface area contributed by atoms with Crippen LogP contribution in [0.1, 0.15) is 55.7 Å². The number of amides is 2. The fraction of sp³-hybridized carbons (Fsp3) is 0.353. The van der Waals surface area contributed by atoms with Crippen molar-refractivity contribution in [3.8, 4) is 0 Å². The molecule has 2 amide bonds. The largest absolute Gasteiger partial charge is 0.490 e. The van der Waals surface area contributed by atoms with Gasteiger partial charge in [0.25, 0.3) is 5.91 Å². The van der Waals surface area contributed by atoms with Gasteiger partial charge in [0.1, 0.15) is 17.5 Å². The zero-order valence-electron chi connectivity index (χ0n) is 25.9. The minimum atomic E-state index is -5.08. The monoisotopic (exact) mass is 658 g/mol. The quantitative estimate of drug-likeness (QED) is 0.276. The first-order chi connectivity index (χ1) is 22.2. The highest BCUT2D eigenvalue weighted by Crippen LogP contribution is 2.40. The number of carboxylic acid groups (broad SMARTS) is 1. The van der Waals surface area contributed by atoms with Gasteiger partial charge in [-0.3, -0.25) is 14.5 Å². The van der Waals surface area contributed by atoms with Crippen molar-refractivity contribution in [1.82, 2.24) is 9.80 Å². The van der Waals surface area contributed by atoms with Crippen LogP contribution in [0.2, 0.25) is 0 Å². The average Bonchev–Trinajstić information content (AvgIpc) is 3.27. The van der Waals surface area contributed by atoms with E-state index in [-0.39, 0.29) is 11.8 Å². The van der Waals surface area contributed by atoms with Crippen molar-refractivity contribution in [2.24, 2.45) is 4.99 Å². The Labute approximate surface area is 268 Å². The number of benzene rings is 3. The summed E-state index contributed by atoms with van der Waals surface area (Å²) in [7, 11) is 0. The molecule has 47 heavy (non-hydrogen) atoms. The molecule has 5 rings (SSSR count). The Balaban J connectivity index is 0.000000644. The van der Waals surface area contributed by atoms with E-state index in [0.717, 1.165) is 44.6 Å². The number of rotatable bonds is 8. The summed E-state index contributed by atoms with van der Waals surface area (Å²) >= 11 is 0. The topological polar surface area (TPSA) is 102 Å². The summed E-state index contributed by atoms with van der Waals surface area (Å²) in [5, 5.41) is 9.99. The van der Waals surface area contributed by atoms with Crippen LogP contribution >= 0.6 is 0 Å². The van der Waals surface area contributed by atoms with Crippen LogP contribution in [0.3, 0.4) is 0 Å². The molecule has 2 heterocycles. The number of nitrogens with one attached hydrogen (secondary N) is 1. The molecule has 250 valence electrons. The van der Waals surface area contributed by atoms with Crippen LogP contribution in [0.15, 0.2) is 77.8 Å². The van der Waals surface area contributed by atoms with Gasteiger partial charge >= 0.3 is 12.1 Å². The molecule has 1 saturated heterocycles. The first-order valence-electron chi connectivity index (χ1n) is 15.0. The van der Waals surface area contributed by atoms with Crippen molar-refractivity contribution in [3.63, 3.8) is 0 Å². The van der Waals surface area contributed by atoms with Crippen molar-refractivity contribution in [3.05, 3.63) is 101 Å². The third-order valence-electron chi connectivity index (χ3n) is 8.14. The second-order valence-corrected chi connectivity index (χ2v) is 11.4. The number of halogens is 5. The third kappa shape index (κ3) is 8.59. The van der Waals surface area contributed by atoms with Crippen LogP contribution < -0.4 is 5.32 Å². The fourth-order valence-corrected chi connectivity index (χ4v) is 5.92. The Morgan fingerprint density at radius 2 is 1.57 bits per heavy atom. The van der Waals surface area contributed by atoms with E-state index >= 15 is 0 Å². The molecule has 0 aliphatic carbocycles. The zero-order chi connectivity index (χ0) is 34.4. The van der Waals surface area contributed by atoms with Crippen LogP contribution in [-0.2, 0) is 19.9 Å². The second kappa shape index (κ2) is 14.8. The molecule has 0 aromatic heterocycles. The van der Waals surface area contributed by atoms with Crippen LogP contribution in [0, 0.1) is 11.6 Å². The molecule has 13 heteroatoms. The Hall–Kier alpha value is -4.65. The van der Waals surface area contributed by atoms with E-state index < -0.39 is 29.3 Å². The molecule has 3 aromatic rings. The number of amidine groups is 1. The van der Waals surface area contributed by atoms with Gasteiger partial charge in [0.2, 0.25) is 5.91 Å².